The summed E-state index contributed by atoms with van der Waals surface area (Å²) < 4.78 is 1.89. The minimum atomic E-state index is -0.612. The number of rotatable bonds is 3. The van der Waals surface area contributed by atoms with E-state index < -0.39 is 11.8 Å². The molecule has 2 heterocycles. The molecular weight excluding hydrogens is 378 g/mol. The zero-order chi connectivity index (χ0) is 21.3. The van der Waals surface area contributed by atoms with E-state index in [-0.39, 0.29) is 6.54 Å². The van der Waals surface area contributed by atoms with Crippen LogP contribution >= 0.6 is 0 Å². The second-order valence-electron chi connectivity index (χ2n) is 7.66. The van der Waals surface area contributed by atoms with E-state index >= 15 is 0 Å². The van der Waals surface area contributed by atoms with Crippen LogP contribution in [0.3, 0.4) is 0 Å². The highest BCUT2D eigenvalue weighted by Crippen LogP contribution is 2.32. The van der Waals surface area contributed by atoms with Crippen LogP contribution in [0.1, 0.15) is 16.8 Å². The van der Waals surface area contributed by atoms with Crippen LogP contribution in [0.15, 0.2) is 54.7 Å². The lowest BCUT2D eigenvalue weighted by atomic mass is 9.97. The molecule has 0 radical (unpaired) electrons. The topological polar surface area (TPSA) is 70.5 Å². The fourth-order valence-electron chi connectivity index (χ4n) is 3.86. The first-order chi connectivity index (χ1) is 14.5. The van der Waals surface area contributed by atoms with Crippen molar-refractivity contribution in [3.63, 3.8) is 0 Å². The van der Waals surface area contributed by atoms with Crippen LogP contribution in [-0.2, 0) is 36.3 Å². The number of anilines is 1. The Kier molecular flexibility index (Phi) is 5.27. The van der Waals surface area contributed by atoms with E-state index in [1.54, 1.807) is 11.1 Å². The van der Waals surface area contributed by atoms with E-state index in [0.717, 1.165) is 33.9 Å². The summed E-state index contributed by atoms with van der Waals surface area (Å²) in [5, 5.41) is 2.75. The molecule has 0 unspecified atom stereocenters. The number of carbonyl (C=O) groups is 2. The number of nitrogens with one attached hydrogen (secondary N) is 1. The number of fused-ring (bicyclic) bond motifs is 3. The van der Waals surface area contributed by atoms with Crippen LogP contribution in [0.4, 0.5) is 5.95 Å². The van der Waals surface area contributed by atoms with Gasteiger partial charge in [0.05, 0.1) is 18.4 Å². The maximum Gasteiger partial charge on any atom is 0.312 e. The maximum atomic E-state index is 13.0. The van der Waals surface area contributed by atoms with Crippen LogP contribution in [0.5, 0.6) is 0 Å². The Morgan fingerprint density at radius 3 is 2.10 bits per heavy atom. The molecule has 2 aromatic carbocycles. The van der Waals surface area contributed by atoms with Crippen molar-refractivity contribution in [3.05, 3.63) is 71.5 Å². The SMILES string of the molecule is CN(C)c1ncc(CNC(=O)C(=O)N2Cc3ccccc3-c3ccccc3C2)n1C. The highest BCUT2D eigenvalue weighted by molar-refractivity contribution is 6.34. The summed E-state index contributed by atoms with van der Waals surface area (Å²) in [6.07, 6.45) is 1.71. The third-order valence-electron chi connectivity index (χ3n) is 5.42. The third-order valence-corrected chi connectivity index (χ3v) is 5.42. The normalized spacial score (nSPS) is 12.6. The van der Waals surface area contributed by atoms with Gasteiger partial charge >= 0.3 is 11.8 Å². The van der Waals surface area contributed by atoms with Gasteiger partial charge in [-0.3, -0.25) is 9.59 Å². The second kappa shape index (κ2) is 8.02. The first-order valence-corrected chi connectivity index (χ1v) is 9.87. The van der Waals surface area contributed by atoms with Gasteiger partial charge in [-0.05, 0) is 22.3 Å². The number of carbonyl (C=O) groups excluding carboxylic acids is 2. The van der Waals surface area contributed by atoms with Crippen LogP contribution in [0.25, 0.3) is 11.1 Å². The second-order valence-corrected chi connectivity index (χ2v) is 7.66. The Labute approximate surface area is 175 Å². The first-order valence-electron chi connectivity index (χ1n) is 9.87. The Bertz CT molecular complexity index is 1050. The molecule has 2 amide bonds. The third kappa shape index (κ3) is 3.66. The van der Waals surface area contributed by atoms with E-state index in [2.05, 4.69) is 22.4 Å². The summed E-state index contributed by atoms with van der Waals surface area (Å²) in [5.74, 6) is -0.359. The van der Waals surface area contributed by atoms with E-state index in [4.69, 9.17) is 0 Å². The number of imidazole rings is 1. The van der Waals surface area contributed by atoms with Gasteiger partial charge in [-0.2, -0.15) is 0 Å². The molecule has 0 atom stereocenters. The number of aromatic nitrogens is 2. The predicted octanol–water partition coefficient (Wildman–Crippen LogP) is 2.31. The Balaban J connectivity index is 1.52. The van der Waals surface area contributed by atoms with Crippen LogP contribution in [0, 0.1) is 0 Å². The smallest absolute Gasteiger partial charge is 0.312 e. The van der Waals surface area contributed by atoms with Gasteiger partial charge in [0.1, 0.15) is 0 Å². The van der Waals surface area contributed by atoms with Crippen molar-refractivity contribution in [1.82, 2.24) is 19.8 Å². The van der Waals surface area contributed by atoms with Crippen molar-refractivity contribution in [2.24, 2.45) is 7.05 Å². The van der Waals surface area contributed by atoms with Gasteiger partial charge in [0.2, 0.25) is 5.95 Å². The van der Waals surface area contributed by atoms with Gasteiger partial charge in [-0.15, -0.1) is 0 Å². The Hall–Kier alpha value is -3.61. The summed E-state index contributed by atoms with van der Waals surface area (Å²) in [6.45, 7) is 1.03. The summed E-state index contributed by atoms with van der Waals surface area (Å²) >= 11 is 0. The van der Waals surface area contributed by atoms with Crippen molar-refractivity contribution < 1.29 is 9.59 Å². The highest BCUT2D eigenvalue weighted by Gasteiger charge is 2.26. The van der Waals surface area contributed by atoms with Crippen molar-refractivity contribution >= 4 is 17.8 Å². The van der Waals surface area contributed by atoms with Gasteiger partial charge < -0.3 is 19.7 Å². The number of hydrogen-bond donors (Lipinski definition) is 1. The van der Waals surface area contributed by atoms with Crippen LogP contribution in [0.2, 0.25) is 0 Å². The minimum Gasteiger partial charge on any atom is -0.348 e. The molecule has 30 heavy (non-hydrogen) atoms. The first kappa shape index (κ1) is 19.7. The molecule has 7 heteroatoms. The van der Waals surface area contributed by atoms with E-state index in [0.29, 0.717) is 13.1 Å². The molecule has 0 bridgehead atoms. The largest absolute Gasteiger partial charge is 0.348 e. The van der Waals surface area contributed by atoms with E-state index in [1.165, 1.54) is 0 Å². The van der Waals surface area contributed by atoms with Crippen molar-refractivity contribution in [2.75, 3.05) is 19.0 Å². The fraction of sp³-hybridized carbons (Fsp3) is 0.261. The molecule has 7 nitrogen and oxygen atoms in total. The molecule has 0 fully saturated rings. The summed E-state index contributed by atoms with van der Waals surface area (Å²) in [4.78, 5) is 33.5. The molecule has 1 N–H and O–H groups in total. The molecule has 1 aromatic heterocycles. The van der Waals surface area contributed by atoms with Gasteiger partial charge in [-0.1, -0.05) is 48.5 Å². The molecule has 0 saturated carbocycles. The molecule has 0 spiro atoms. The lowest BCUT2D eigenvalue weighted by Gasteiger charge is -2.21. The average Bonchev–Trinajstić information content (AvgIpc) is 3.03. The fourth-order valence-corrected chi connectivity index (χ4v) is 3.86. The monoisotopic (exact) mass is 403 g/mol. The molecular formula is C23H25N5O2. The minimum absolute atomic E-state index is 0.239. The Morgan fingerprint density at radius 2 is 1.57 bits per heavy atom. The Morgan fingerprint density at radius 1 is 1.00 bits per heavy atom. The number of nitrogens with zero attached hydrogens (tertiary/aromatic N) is 4. The molecule has 1 aliphatic rings. The summed E-state index contributed by atoms with van der Waals surface area (Å²) in [7, 11) is 5.70. The zero-order valence-electron chi connectivity index (χ0n) is 17.4. The standard InChI is InChI=1S/C23H25N5O2/c1-26(2)23-25-13-18(27(23)3)12-24-21(29)22(30)28-14-16-8-4-6-10-19(16)20-11-7-5-9-17(20)15-28/h4-11,13H,12,14-15H2,1-3H3,(H,24,29). The molecule has 1 aliphatic heterocycles. The van der Waals surface area contributed by atoms with Crippen molar-refractivity contribution in [1.29, 1.82) is 0 Å². The van der Waals surface area contributed by atoms with Crippen molar-refractivity contribution in [3.8, 4) is 11.1 Å². The highest BCUT2D eigenvalue weighted by atomic mass is 16.2. The number of hydrogen-bond acceptors (Lipinski definition) is 4. The van der Waals surface area contributed by atoms with Gasteiger partial charge in [-0.25, -0.2) is 4.98 Å². The molecule has 0 aliphatic carbocycles. The number of benzene rings is 2. The average molecular weight is 403 g/mol. The quantitative estimate of drug-likeness (QED) is 0.682. The predicted molar refractivity (Wildman–Crippen MR) is 116 cm³/mol. The van der Waals surface area contributed by atoms with Crippen LogP contribution < -0.4 is 10.2 Å². The van der Waals surface area contributed by atoms with Crippen molar-refractivity contribution in [2.45, 2.75) is 19.6 Å². The molecule has 0 saturated heterocycles. The van der Waals surface area contributed by atoms with E-state index in [1.807, 2.05) is 67.0 Å². The maximum absolute atomic E-state index is 13.0. The van der Waals surface area contributed by atoms with Gasteiger partial charge in [0.15, 0.2) is 0 Å². The summed E-state index contributed by atoms with van der Waals surface area (Å²) in [6, 6.07) is 16.0. The lowest BCUT2D eigenvalue weighted by molar-refractivity contribution is -0.146. The van der Waals surface area contributed by atoms with Gasteiger partial charge in [0.25, 0.3) is 0 Å². The lowest BCUT2D eigenvalue weighted by Crippen LogP contribution is -2.42. The molecule has 154 valence electrons. The molecule has 3 aromatic rings. The van der Waals surface area contributed by atoms with Crippen LogP contribution in [-0.4, -0.2) is 40.4 Å². The molecule has 4 rings (SSSR count). The van der Waals surface area contributed by atoms with E-state index in [9.17, 15) is 9.59 Å². The summed E-state index contributed by atoms with van der Waals surface area (Å²) in [5.41, 5.74) is 5.10. The van der Waals surface area contributed by atoms with Gasteiger partial charge in [0, 0.05) is 34.2 Å². The number of amides is 2. The zero-order valence-corrected chi connectivity index (χ0v) is 17.4.